The molecular formula is C9H9NO4S. The summed E-state index contributed by atoms with van der Waals surface area (Å²) in [5, 5.41) is 8.61. The van der Waals surface area contributed by atoms with Crippen molar-refractivity contribution >= 4 is 22.7 Å². The van der Waals surface area contributed by atoms with E-state index >= 15 is 0 Å². The Kier molecular flexibility index (Phi) is 3.56. The first kappa shape index (κ1) is 11.4. The standard InChI is InChI=1S/C9H9NO4S/c10-8(11)5-15(14)7-3-1-6(2-4-7)9(12)13/h1-4H,5H2,(H2,10,11)(H,12,13). The number of amides is 1. The van der Waals surface area contributed by atoms with Crippen LogP contribution in [0, 0.1) is 0 Å². The summed E-state index contributed by atoms with van der Waals surface area (Å²) >= 11 is 0. The van der Waals surface area contributed by atoms with Gasteiger partial charge in [-0.15, -0.1) is 0 Å². The van der Waals surface area contributed by atoms with E-state index < -0.39 is 22.7 Å². The number of carbonyl (C=O) groups excluding carboxylic acids is 1. The van der Waals surface area contributed by atoms with Gasteiger partial charge in [0.05, 0.1) is 16.4 Å². The predicted molar refractivity (Wildman–Crippen MR) is 53.9 cm³/mol. The summed E-state index contributed by atoms with van der Waals surface area (Å²) in [7, 11) is -1.50. The second kappa shape index (κ2) is 4.70. The summed E-state index contributed by atoms with van der Waals surface area (Å²) in [6.07, 6.45) is 0. The van der Waals surface area contributed by atoms with Gasteiger partial charge in [0, 0.05) is 4.90 Å². The van der Waals surface area contributed by atoms with Crippen LogP contribution < -0.4 is 5.73 Å². The van der Waals surface area contributed by atoms with Crippen molar-refractivity contribution in [2.24, 2.45) is 5.73 Å². The van der Waals surface area contributed by atoms with Crippen molar-refractivity contribution in [1.29, 1.82) is 0 Å². The highest BCUT2D eigenvalue weighted by molar-refractivity contribution is 7.85. The van der Waals surface area contributed by atoms with Crippen molar-refractivity contribution in [3.05, 3.63) is 29.8 Å². The second-order valence-corrected chi connectivity index (χ2v) is 4.24. The fourth-order valence-corrected chi connectivity index (χ4v) is 1.83. The molecule has 15 heavy (non-hydrogen) atoms. The first-order valence-electron chi connectivity index (χ1n) is 4.00. The van der Waals surface area contributed by atoms with Crippen LogP contribution in [-0.4, -0.2) is 26.9 Å². The Hall–Kier alpha value is -1.69. The number of nitrogens with two attached hydrogens (primary N) is 1. The Morgan fingerprint density at radius 3 is 2.20 bits per heavy atom. The van der Waals surface area contributed by atoms with Gasteiger partial charge in [-0.2, -0.15) is 0 Å². The lowest BCUT2D eigenvalue weighted by atomic mass is 10.2. The molecule has 1 aromatic rings. The van der Waals surface area contributed by atoms with Crippen molar-refractivity contribution in [3.63, 3.8) is 0 Å². The SMILES string of the molecule is NC(=O)CS(=O)c1ccc(C(=O)O)cc1. The van der Waals surface area contributed by atoms with Crippen LogP contribution in [0.2, 0.25) is 0 Å². The largest absolute Gasteiger partial charge is 0.478 e. The number of benzene rings is 1. The van der Waals surface area contributed by atoms with Crippen LogP contribution in [0.25, 0.3) is 0 Å². The second-order valence-electron chi connectivity index (χ2n) is 2.79. The first-order valence-corrected chi connectivity index (χ1v) is 5.32. The van der Waals surface area contributed by atoms with Crippen LogP contribution in [0.5, 0.6) is 0 Å². The van der Waals surface area contributed by atoms with Gasteiger partial charge < -0.3 is 10.8 Å². The molecule has 1 amide bonds. The molecule has 0 radical (unpaired) electrons. The van der Waals surface area contributed by atoms with Crippen LogP contribution in [0.3, 0.4) is 0 Å². The summed E-state index contributed by atoms with van der Waals surface area (Å²) < 4.78 is 11.4. The molecular weight excluding hydrogens is 218 g/mol. The molecule has 0 aliphatic carbocycles. The molecule has 0 aliphatic rings. The third kappa shape index (κ3) is 3.17. The number of carboxylic acid groups (broad SMARTS) is 1. The molecule has 1 atom stereocenters. The molecule has 0 heterocycles. The fraction of sp³-hybridized carbons (Fsp3) is 0.111. The number of rotatable bonds is 4. The highest BCUT2D eigenvalue weighted by atomic mass is 32.2. The molecule has 1 unspecified atom stereocenters. The first-order chi connectivity index (χ1) is 7.00. The average Bonchev–Trinajstić information content (AvgIpc) is 2.17. The molecule has 3 N–H and O–H groups in total. The molecule has 0 aromatic heterocycles. The van der Waals surface area contributed by atoms with Gasteiger partial charge in [0.1, 0.15) is 5.75 Å². The van der Waals surface area contributed by atoms with Crippen molar-refractivity contribution in [2.75, 3.05) is 5.75 Å². The monoisotopic (exact) mass is 227 g/mol. The van der Waals surface area contributed by atoms with Gasteiger partial charge in [-0.25, -0.2) is 4.79 Å². The molecule has 0 fully saturated rings. The Bertz CT molecular complexity index is 413. The number of carbonyl (C=O) groups is 2. The smallest absolute Gasteiger partial charge is 0.335 e. The van der Waals surface area contributed by atoms with E-state index in [0.717, 1.165) is 0 Å². The highest BCUT2D eigenvalue weighted by Crippen LogP contribution is 2.08. The van der Waals surface area contributed by atoms with Crippen molar-refractivity contribution in [2.45, 2.75) is 4.90 Å². The van der Waals surface area contributed by atoms with Gasteiger partial charge in [0.25, 0.3) is 0 Å². The van der Waals surface area contributed by atoms with Crippen LogP contribution >= 0.6 is 0 Å². The van der Waals surface area contributed by atoms with Gasteiger partial charge in [-0.05, 0) is 24.3 Å². The molecule has 0 bridgehead atoms. The third-order valence-corrected chi connectivity index (χ3v) is 2.98. The molecule has 0 spiro atoms. The Morgan fingerprint density at radius 1 is 1.27 bits per heavy atom. The number of aromatic carboxylic acids is 1. The predicted octanol–water partition coefficient (Wildman–Crippen LogP) is -0.0223. The van der Waals surface area contributed by atoms with E-state index in [4.69, 9.17) is 10.8 Å². The van der Waals surface area contributed by atoms with Crippen LogP contribution in [0.4, 0.5) is 0 Å². The number of hydrogen-bond acceptors (Lipinski definition) is 3. The fourth-order valence-electron chi connectivity index (χ4n) is 0.962. The van der Waals surface area contributed by atoms with Crippen LogP contribution in [-0.2, 0) is 15.6 Å². The molecule has 6 heteroatoms. The maximum Gasteiger partial charge on any atom is 0.335 e. The summed E-state index contributed by atoms with van der Waals surface area (Å²) in [5.74, 6) is -1.97. The number of primary amides is 1. The van der Waals surface area contributed by atoms with Crippen LogP contribution in [0.1, 0.15) is 10.4 Å². The van der Waals surface area contributed by atoms with Gasteiger partial charge in [0.2, 0.25) is 5.91 Å². The zero-order chi connectivity index (χ0) is 11.4. The summed E-state index contributed by atoms with van der Waals surface area (Å²) in [6.45, 7) is 0. The van der Waals surface area contributed by atoms with Gasteiger partial charge >= 0.3 is 5.97 Å². The van der Waals surface area contributed by atoms with E-state index in [0.29, 0.717) is 4.90 Å². The number of carboxylic acids is 1. The van der Waals surface area contributed by atoms with Crippen LogP contribution in [0.15, 0.2) is 29.2 Å². The normalized spacial score (nSPS) is 12.0. The third-order valence-electron chi connectivity index (χ3n) is 1.64. The molecule has 80 valence electrons. The van der Waals surface area contributed by atoms with E-state index in [1.54, 1.807) is 0 Å². The molecule has 5 nitrogen and oxygen atoms in total. The van der Waals surface area contributed by atoms with Gasteiger partial charge in [-0.3, -0.25) is 9.00 Å². The quantitative estimate of drug-likeness (QED) is 0.755. The molecule has 1 rings (SSSR count). The number of hydrogen-bond donors (Lipinski definition) is 2. The lowest BCUT2D eigenvalue weighted by molar-refractivity contribution is -0.115. The van der Waals surface area contributed by atoms with Gasteiger partial charge in [-0.1, -0.05) is 0 Å². The molecule has 0 saturated heterocycles. The Labute approximate surface area is 88.4 Å². The Balaban J connectivity index is 2.84. The maximum atomic E-state index is 11.4. The van der Waals surface area contributed by atoms with E-state index in [2.05, 4.69) is 0 Å². The van der Waals surface area contributed by atoms with E-state index in [-0.39, 0.29) is 11.3 Å². The highest BCUT2D eigenvalue weighted by Gasteiger charge is 2.08. The van der Waals surface area contributed by atoms with Crippen molar-refractivity contribution in [3.8, 4) is 0 Å². The van der Waals surface area contributed by atoms with E-state index in [1.807, 2.05) is 0 Å². The molecule has 0 saturated carbocycles. The van der Waals surface area contributed by atoms with E-state index in [1.165, 1.54) is 24.3 Å². The zero-order valence-corrected chi connectivity index (χ0v) is 8.49. The zero-order valence-electron chi connectivity index (χ0n) is 7.67. The summed E-state index contributed by atoms with van der Waals surface area (Å²) in [6, 6.07) is 5.47. The molecule has 1 aromatic carbocycles. The van der Waals surface area contributed by atoms with Crippen molar-refractivity contribution < 1.29 is 18.9 Å². The lowest BCUT2D eigenvalue weighted by Gasteiger charge is -2.00. The minimum atomic E-state index is -1.50. The summed E-state index contributed by atoms with van der Waals surface area (Å²) in [4.78, 5) is 21.4. The lowest BCUT2D eigenvalue weighted by Crippen LogP contribution is -2.19. The Morgan fingerprint density at radius 2 is 1.80 bits per heavy atom. The topological polar surface area (TPSA) is 97.5 Å². The minimum Gasteiger partial charge on any atom is -0.478 e. The minimum absolute atomic E-state index is 0.106. The maximum absolute atomic E-state index is 11.4. The van der Waals surface area contributed by atoms with Gasteiger partial charge in [0.15, 0.2) is 0 Å². The van der Waals surface area contributed by atoms with Crippen molar-refractivity contribution in [1.82, 2.24) is 0 Å². The summed E-state index contributed by atoms with van der Waals surface area (Å²) in [5.41, 5.74) is 4.99. The van der Waals surface area contributed by atoms with E-state index in [9.17, 15) is 13.8 Å². The molecule has 0 aliphatic heterocycles. The average molecular weight is 227 g/mol.